The maximum Gasteiger partial charge on any atom is 0.416 e. The highest BCUT2D eigenvalue weighted by atomic mass is 16.6. The predicted molar refractivity (Wildman–Crippen MR) is 50.8 cm³/mol. The van der Waals surface area contributed by atoms with Gasteiger partial charge in [-0.15, -0.1) is 0 Å². The normalized spacial score (nSPS) is 9.29. The molecule has 0 bridgehead atoms. The molecule has 0 unspecified atom stereocenters. The molecular formula is C9H15NO4. The largest absolute Gasteiger partial charge is 0.445 e. The maximum atomic E-state index is 11.2. The summed E-state index contributed by atoms with van der Waals surface area (Å²) in [5.41, 5.74) is 0. The molecular weight excluding hydrogens is 186 g/mol. The minimum atomic E-state index is -0.699. The van der Waals surface area contributed by atoms with E-state index in [4.69, 9.17) is 4.74 Å². The summed E-state index contributed by atoms with van der Waals surface area (Å²) in [6, 6.07) is 0. The van der Waals surface area contributed by atoms with Gasteiger partial charge in [-0.2, -0.15) is 0 Å². The van der Waals surface area contributed by atoms with Crippen LogP contribution in [0.3, 0.4) is 0 Å². The second-order valence-corrected chi connectivity index (χ2v) is 2.46. The first-order valence-corrected chi connectivity index (χ1v) is 4.25. The van der Waals surface area contributed by atoms with Crippen LogP contribution in [-0.2, 0) is 14.3 Å². The van der Waals surface area contributed by atoms with Crippen LogP contribution < -0.4 is 0 Å². The molecule has 0 aliphatic carbocycles. The van der Waals surface area contributed by atoms with Crippen molar-refractivity contribution in [3.8, 4) is 0 Å². The van der Waals surface area contributed by atoms with Gasteiger partial charge in [0.05, 0.1) is 0 Å². The number of rotatable bonds is 5. The van der Waals surface area contributed by atoms with E-state index in [9.17, 15) is 9.59 Å². The van der Waals surface area contributed by atoms with Gasteiger partial charge in [0.15, 0.2) is 0 Å². The van der Waals surface area contributed by atoms with Gasteiger partial charge in [0.2, 0.25) is 0 Å². The van der Waals surface area contributed by atoms with Crippen molar-refractivity contribution in [1.29, 1.82) is 0 Å². The number of imide groups is 1. The SMILES string of the molecule is C=CCOC(=O)N(C)C(=O)COCC. The Morgan fingerprint density at radius 3 is 2.64 bits per heavy atom. The number of hydrogen-bond acceptors (Lipinski definition) is 4. The lowest BCUT2D eigenvalue weighted by atomic mass is 10.6. The molecule has 0 saturated carbocycles. The Kier molecular flexibility index (Phi) is 6.39. The van der Waals surface area contributed by atoms with E-state index in [1.165, 1.54) is 13.1 Å². The van der Waals surface area contributed by atoms with E-state index in [1.54, 1.807) is 6.92 Å². The second-order valence-electron chi connectivity index (χ2n) is 2.46. The van der Waals surface area contributed by atoms with Gasteiger partial charge in [0.25, 0.3) is 5.91 Å². The fraction of sp³-hybridized carbons (Fsp3) is 0.556. The summed E-state index contributed by atoms with van der Waals surface area (Å²) in [6.07, 6.45) is 0.730. The molecule has 80 valence electrons. The summed E-state index contributed by atoms with van der Waals surface area (Å²) in [5.74, 6) is -0.430. The molecule has 0 aromatic heterocycles. The highest BCUT2D eigenvalue weighted by Crippen LogP contribution is 1.92. The lowest BCUT2D eigenvalue weighted by Crippen LogP contribution is -2.36. The Morgan fingerprint density at radius 1 is 1.50 bits per heavy atom. The fourth-order valence-corrected chi connectivity index (χ4v) is 0.615. The first-order chi connectivity index (χ1) is 6.63. The zero-order valence-electron chi connectivity index (χ0n) is 8.49. The molecule has 0 aromatic rings. The Labute approximate surface area is 83.3 Å². The third-order valence-electron chi connectivity index (χ3n) is 1.40. The summed E-state index contributed by atoms with van der Waals surface area (Å²) in [7, 11) is 1.34. The average Bonchev–Trinajstić information content (AvgIpc) is 2.21. The van der Waals surface area contributed by atoms with Crippen molar-refractivity contribution in [1.82, 2.24) is 4.90 Å². The Bertz CT molecular complexity index is 215. The van der Waals surface area contributed by atoms with Gasteiger partial charge in [0, 0.05) is 13.7 Å². The smallest absolute Gasteiger partial charge is 0.416 e. The Balaban J connectivity index is 3.90. The number of hydrogen-bond donors (Lipinski definition) is 0. The van der Waals surface area contributed by atoms with Crippen molar-refractivity contribution in [3.63, 3.8) is 0 Å². The number of nitrogens with zero attached hydrogens (tertiary/aromatic N) is 1. The topological polar surface area (TPSA) is 55.8 Å². The van der Waals surface area contributed by atoms with Gasteiger partial charge < -0.3 is 9.47 Å². The van der Waals surface area contributed by atoms with Gasteiger partial charge in [-0.1, -0.05) is 12.7 Å². The molecule has 0 spiro atoms. The number of carbonyl (C=O) groups excluding carboxylic acids is 2. The highest BCUT2D eigenvalue weighted by Gasteiger charge is 2.17. The number of carbonyl (C=O) groups is 2. The summed E-state index contributed by atoms with van der Waals surface area (Å²) in [6.45, 7) is 5.55. The molecule has 0 aliphatic heterocycles. The molecule has 0 fully saturated rings. The molecule has 0 aliphatic rings. The third kappa shape index (κ3) is 4.61. The van der Waals surface area contributed by atoms with Crippen LogP contribution in [0.5, 0.6) is 0 Å². The number of ether oxygens (including phenoxy) is 2. The van der Waals surface area contributed by atoms with Crippen molar-refractivity contribution in [2.24, 2.45) is 0 Å². The lowest BCUT2D eigenvalue weighted by Gasteiger charge is -2.14. The average molecular weight is 201 g/mol. The van der Waals surface area contributed by atoms with E-state index >= 15 is 0 Å². The molecule has 0 N–H and O–H groups in total. The molecule has 5 nitrogen and oxygen atoms in total. The quantitative estimate of drug-likeness (QED) is 0.617. The van der Waals surface area contributed by atoms with Crippen molar-refractivity contribution in [2.75, 3.05) is 26.9 Å². The van der Waals surface area contributed by atoms with Gasteiger partial charge >= 0.3 is 6.09 Å². The van der Waals surface area contributed by atoms with E-state index < -0.39 is 12.0 Å². The van der Waals surface area contributed by atoms with Crippen LogP contribution in [0.4, 0.5) is 4.79 Å². The molecule has 0 rings (SSSR count). The van der Waals surface area contributed by atoms with Crippen LogP contribution in [0.25, 0.3) is 0 Å². The van der Waals surface area contributed by atoms with Crippen LogP contribution in [0, 0.1) is 0 Å². The van der Waals surface area contributed by atoms with Crippen LogP contribution >= 0.6 is 0 Å². The van der Waals surface area contributed by atoms with E-state index in [-0.39, 0.29) is 13.2 Å². The van der Waals surface area contributed by atoms with Crippen molar-refractivity contribution in [2.45, 2.75) is 6.92 Å². The molecule has 2 amide bonds. The van der Waals surface area contributed by atoms with E-state index in [2.05, 4.69) is 11.3 Å². The summed E-state index contributed by atoms with van der Waals surface area (Å²) in [4.78, 5) is 23.1. The van der Waals surface area contributed by atoms with E-state index in [0.717, 1.165) is 4.90 Å². The number of likely N-dealkylation sites (N-methyl/N-ethyl adjacent to an activating group) is 1. The minimum absolute atomic E-state index is 0.0884. The summed E-state index contributed by atoms with van der Waals surface area (Å²) >= 11 is 0. The summed E-state index contributed by atoms with van der Waals surface area (Å²) in [5, 5.41) is 0. The van der Waals surface area contributed by atoms with Gasteiger partial charge in [-0.3, -0.25) is 4.79 Å². The second kappa shape index (κ2) is 7.08. The monoisotopic (exact) mass is 201 g/mol. The van der Waals surface area contributed by atoms with Crippen LogP contribution in [0.2, 0.25) is 0 Å². The Hall–Kier alpha value is -1.36. The molecule has 0 radical (unpaired) electrons. The van der Waals surface area contributed by atoms with Crippen molar-refractivity contribution >= 4 is 12.0 Å². The molecule has 0 aromatic carbocycles. The zero-order chi connectivity index (χ0) is 11.0. The van der Waals surface area contributed by atoms with E-state index in [1.807, 2.05) is 0 Å². The summed E-state index contributed by atoms with van der Waals surface area (Å²) < 4.78 is 9.50. The minimum Gasteiger partial charge on any atom is -0.445 e. The van der Waals surface area contributed by atoms with Crippen molar-refractivity contribution in [3.05, 3.63) is 12.7 Å². The lowest BCUT2D eigenvalue weighted by molar-refractivity contribution is -0.132. The number of amides is 2. The zero-order valence-corrected chi connectivity index (χ0v) is 8.49. The predicted octanol–water partition coefficient (Wildman–Crippen LogP) is 0.804. The first kappa shape index (κ1) is 12.6. The van der Waals surface area contributed by atoms with Gasteiger partial charge in [0.1, 0.15) is 13.2 Å². The van der Waals surface area contributed by atoms with Crippen LogP contribution in [0.1, 0.15) is 6.92 Å². The fourth-order valence-electron chi connectivity index (χ4n) is 0.615. The first-order valence-electron chi connectivity index (χ1n) is 4.25. The van der Waals surface area contributed by atoms with E-state index in [0.29, 0.717) is 6.61 Å². The molecule has 0 atom stereocenters. The highest BCUT2D eigenvalue weighted by molar-refractivity contribution is 5.92. The third-order valence-corrected chi connectivity index (χ3v) is 1.40. The van der Waals surface area contributed by atoms with Gasteiger partial charge in [-0.05, 0) is 6.92 Å². The maximum absolute atomic E-state index is 11.2. The van der Waals surface area contributed by atoms with Gasteiger partial charge in [-0.25, -0.2) is 9.69 Å². The standard InChI is InChI=1S/C9H15NO4/c1-4-6-14-9(12)10(3)8(11)7-13-5-2/h4H,1,5-7H2,2-3H3. The van der Waals surface area contributed by atoms with Crippen molar-refractivity contribution < 1.29 is 19.1 Å². The van der Waals surface area contributed by atoms with Crippen LogP contribution in [0.15, 0.2) is 12.7 Å². The molecule has 0 saturated heterocycles. The molecule has 14 heavy (non-hydrogen) atoms. The molecule has 5 heteroatoms. The molecule has 0 heterocycles. The Morgan fingerprint density at radius 2 is 2.14 bits per heavy atom. The van der Waals surface area contributed by atoms with Crippen LogP contribution in [-0.4, -0.2) is 43.8 Å².